The van der Waals surface area contributed by atoms with E-state index in [1.165, 1.54) is 5.56 Å². The van der Waals surface area contributed by atoms with Crippen molar-refractivity contribution < 1.29 is 4.79 Å². The zero-order valence-electron chi connectivity index (χ0n) is 13.3. The van der Waals surface area contributed by atoms with Crippen LogP contribution in [0.15, 0.2) is 24.5 Å². The molecule has 4 heteroatoms. The molecule has 1 saturated carbocycles. The van der Waals surface area contributed by atoms with E-state index in [4.69, 9.17) is 5.73 Å². The number of nitrogens with zero attached hydrogens (tertiary/aromatic N) is 2. The summed E-state index contributed by atoms with van der Waals surface area (Å²) in [5, 5.41) is 0. The molecule has 1 aliphatic heterocycles. The van der Waals surface area contributed by atoms with Gasteiger partial charge in [-0.25, -0.2) is 0 Å². The molecular formula is C18H27N3O. The number of likely N-dealkylation sites (tertiary alicyclic amines) is 1. The lowest BCUT2D eigenvalue weighted by Gasteiger charge is -2.36. The minimum absolute atomic E-state index is 0.179. The maximum atomic E-state index is 12.6. The van der Waals surface area contributed by atoms with E-state index < -0.39 is 0 Å². The van der Waals surface area contributed by atoms with E-state index in [-0.39, 0.29) is 12.0 Å². The molecule has 0 spiro atoms. The molecule has 1 saturated heterocycles. The number of aromatic nitrogens is 1. The van der Waals surface area contributed by atoms with Crippen LogP contribution < -0.4 is 5.73 Å². The Hall–Kier alpha value is -1.42. The quantitative estimate of drug-likeness (QED) is 0.932. The van der Waals surface area contributed by atoms with Crippen molar-refractivity contribution in [2.45, 2.75) is 51.0 Å². The van der Waals surface area contributed by atoms with Crippen LogP contribution in [0.5, 0.6) is 0 Å². The van der Waals surface area contributed by atoms with Gasteiger partial charge in [-0.1, -0.05) is 12.5 Å². The van der Waals surface area contributed by atoms with Crippen LogP contribution in [0.4, 0.5) is 0 Å². The number of carbonyl (C=O) groups is 1. The maximum Gasteiger partial charge on any atom is 0.225 e. The Morgan fingerprint density at radius 2 is 2.09 bits per heavy atom. The standard InChI is InChI=1S/C18H27N3O/c19-17-5-1-4-16(12-17)18(22)21-9-6-14(7-10-21)11-15-3-2-8-20-13-15/h2-3,8,13-14,16-17H,1,4-7,9-12,19H2/t16-,17+/m1/s1. The van der Waals surface area contributed by atoms with Crippen molar-refractivity contribution in [1.82, 2.24) is 9.88 Å². The van der Waals surface area contributed by atoms with Crippen LogP contribution in [0.1, 0.15) is 44.1 Å². The molecule has 2 atom stereocenters. The van der Waals surface area contributed by atoms with Crippen LogP contribution in [0.25, 0.3) is 0 Å². The molecule has 2 heterocycles. The molecule has 1 amide bonds. The minimum atomic E-state index is 0.179. The number of pyridine rings is 1. The molecule has 1 aromatic rings. The average Bonchev–Trinajstić information content (AvgIpc) is 2.56. The summed E-state index contributed by atoms with van der Waals surface area (Å²) in [5.41, 5.74) is 7.33. The van der Waals surface area contributed by atoms with Gasteiger partial charge in [0, 0.05) is 37.4 Å². The summed E-state index contributed by atoms with van der Waals surface area (Å²) < 4.78 is 0. The predicted octanol–water partition coefficient (Wildman–Crippen LogP) is 2.38. The second kappa shape index (κ2) is 7.23. The summed E-state index contributed by atoms with van der Waals surface area (Å²) in [6.45, 7) is 1.82. The highest BCUT2D eigenvalue weighted by Gasteiger charge is 2.31. The third-order valence-electron chi connectivity index (χ3n) is 5.24. The third-order valence-corrected chi connectivity index (χ3v) is 5.24. The number of piperidine rings is 1. The van der Waals surface area contributed by atoms with Crippen LogP contribution in [0, 0.1) is 11.8 Å². The highest BCUT2D eigenvalue weighted by atomic mass is 16.2. The van der Waals surface area contributed by atoms with Gasteiger partial charge in [0.15, 0.2) is 0 Å². The lowest BCUT2D eigenvalue weighted by molar-refractivity contribution is -0.138. The van der Waals surface area contributed by atoms with E-state index in [9.17, 15) is 4.79 Å². The second-order valence-corrected chi connectivity index (χ2v) is 6.96. The first-order chi connectivity index (χ1) is 10.7. The van der Waals surface area contributed by atoms with Crippen molar-refractivity contribution in [2.24, 2.45) is 17.6 Å². The molecule has 2 fully saturated rings. The summed E-state index contributed by atoms with van der Waals surface area (Å²) in [6, 6.07) is 4.37. The van der Waals surface area contributed by atoms with E-state index in [1.54, 1.807) is 0 Å². The molecule has 1 aromatic heterocycles. The molecular weight excluding hydrogens is 274 g/mol. The molecule has 4 nitrogen and oxygen atoms in total. The SMILES string of the molecule is N[C@H]1CCC[C@@H](C(=O)N2CCC(Cc3cccnc3)CC2)C1. The fourth-order valence-electron chi connectivity index (χ4n) is 3.92. The van der Waals surface area contributed by atoms with Gasteiger partial charge < -0.3 is 10.6 Å². The molecule has 0 aromatic carbocycles. The molecule has 0 radical (unpaired) electrons. The summed E-state index contributed by atoms with van der Waals surface area (Å²) in [5.74, 6) is 1.22. The highest BCUT2D eigenvalue weighted by Crippen LogP contribution is 2.28. The summed E-state index contributed by atoms with van der Waals surface area (Å²) in [6.07, 6.45) is 11.2. The highest BCUT2D eigenvalue weighted by molar-refractivity contribution is 5.79. The summed E-state index contributed by atoms with van der Waals surface area (Å²) in [7, 11) is 0. The van der Waals surface area contributed by atoms with Crippen molar-refractivity contribution in [3.8, 4) is 0 Å². The fraction of sp³-hybridized carbons (Fsp3) is 0.667. The monoisotopic (exact) mass is 301 g/mol. The maximum absolute atomic E-state index is 12.6. The Balaban J connectivity index is 1.48. The first-order valence-corrected chi connectivity index (χ1v) is 8.65. The van der Waals surface area contributed by atoms with Gasteiger partial charge in [0.2, 0.25) is 5.91 Å². The smallest absolute Gasteiger partial charge is 0.225 e. The molecule has 22 heavy (non-hydrogen) atoms. The Morgan fingerprint density at radius 1 is 1.27 bits per heavy atom. The van der Waals surface area contributed by atoms with Crippen molar-refractivity contribution in [2.75, 3.05) is 13.1 Å². The van der Waals surface area contributed by atoms with Crippen molar-refractivity contribution >= 4 is 5.91 Å². The van der Waals surface area contributed by atoms with E-state index >= 15 is 0 Å². The van der Waals surface area contributed by atoms with Gasteiger partial charge in [-0.05, 0) is 56.1 Å². The van der Waals surface area contributed by atoms with Gasteiger partial charge in [0.25, 0.3) is 0 Å². The molecule has 2 aliphatic rings. The summed E-state index contributed by atoms with van der Waals surface area (Å²) in [4.78, 5) is 18.9. The topological polar surface area (TPSA) is 59.2 Å². The number of hydrogen-bond donors (Lipinski definition) is 1. The second-order valence-electron chi connectivity index (χ2n) is 6.96. The first kappa shape index (κ1) is 15.5. The minimum Gasteiger partial charge on any atom is -0.342 e. The zero-order chi connectivity index (χ0) is 15.4. The van der Waals surface area contributed by atoms with Gasteiger partial charge >= 0.3 is 0 Å². The molecule has 0 unspecified atom stereocenters. The van der Waals surface area contributed by atoms with E-state index in [0.717, 1.165) is 58.0 Å². The molecule has 2 N–H and O–H groups in total. The number of rotatable bonds is 3. The van der Waals surface area contributed by atoms with E-state index in [0.29, 0.717) is 11.8 Å². The Labute approximate surface area is 133 Å². The number of carbonyl (C=O) groups excluding carboxylic acids is 1. The van der Waals surface area contributed by atoms with Crippen LogP contribution in [-0.2, 0) is 11.2 Å². The predicted molar refractivity (Wildman–Crippen MR) is 87.2 cm³/mol. The van der Waals surface area contributed by atoms with Crippen LogP contribution >= 0.6 is 0 Å². The third kappa shape index (κ3) is 3.86. The fourth-order valence-corrected chi connectivity index (χ4v) is 3.92. The zero-order valence-corrected chi connectivity index (χ0v) is 13.3. The van der Waals surface area contributed by atoms with Gasteiger partial charge in [-0.2, -0.15) is 0 Å². The Bertz CT molecular complexity index is 482. The van der Waals surface area contributed by atoms with E-state index in [2.05, 4.69) is 16.0 Å². The lowest BCUT2D eigenvalue weighted by atomic mass is 9.84. The largest absolute Gasteiger partial charge is 0.342 e. The normalized spacial score (nSPS) is 26.9. The molecule has 1 aliphatic carbocycles. The van der Waals surface area contributed by atoms with Crippen LogP contribution in [-0.4, -0.2) is 34.9 Å². The van der Waals surface area contributed by atoms with Crippen molar-refractivity contribution in [1.29, 1.82) is 0 Å². The number of hydrogen-bond acceptors (Lipinski definition) is 3. The van der Waals surface area contributed by atoms with Crippen molar-refractivity contribution in [3.63, 3.8) is 0 Å². The molecule has 120 valence electrons. The van der Waals surface area contributed by atoms with Crippen LogP contribution in [0.3, 0.4) is 0 Å². The average molecular weight is 301 g/mol. The number of nitrogens with two attached hydrogens (primary N) is 1. The first-order valence-electron chi connectivity index (χ1n) is 8.65. The van der Waals surface area contributed by atoms with Gasteiger partial charge in [-0.3, -0.25) is 9.78 Å². The summed E-state index contributed by atoms with van der Waals surface area (Å²) >= 11 is 0. The van der Waals surface area contributed by atoms with Gasteiger partial charge in [-0.15, -0.1) is 0 Å². The van der Waals surface area contributed by atoms with Gasteiger partial charge in [0.05, 0.1) is 0 Å². The molecule has 0 bridgehead atoms. The van der Waals surface area contributed by atoms with Crippen molar-refractivity contribution in [3.05, 3.63) is 30.1 Å². The van der Waals surface area contributed by atoms with Crippen LogP contribution in [0.2, 0.25) is 0 Å². The van der Waals surface area contributed by atoms with Gasteiger partial charge in [0.1, 0.15) is 0 Å². The van der Waals surface area contributed by atoms with E-state index in [1.807, 2.05) is 18.5 Å². The lowest BCUT2D eigenvalue weighted by Crippen LogP contribution is -2.44. The number of amides is 1. The Morgan fingerprint density at radius 3 is 2.77 bits per heavy atom. The molecule has 3 rings (SSSR count). The Kier molecular flexibility index (Phi) is 5.08.